The number of rotatable bonds is 4. The first-order chi connectivity index (χ1) is 8.81. The maximum absolute atomic E-state index is 10.5. The Morgan fingerprint density at radius 2 is 2.44 bits per heavy atom. The third kappa shape index (κ3) is 1.94. The van der Waals surface area contributed by atoms with E-state index in [4.69, 9.17) is 10.1 Å². The first-order valence-corrected chi connectivity index (χ1v) is 5.24. The number of hydrogen-bond donors (Lipinski definition) is 1. The van der Waals surface area contributed by atoms with Crippen LogP contribution in [0.25, 0.3) is 10.9 Å². The molecule has 0 spiro atoms. The summed E-state index contributed by atoms with van der Waals surface area (Å²) in [5.41, 5.74) is 1.29. The minimum atomic E-state index is -0.762. The van der Waals surface area contributed by atoms with E-state index in [0.29, 0.717) is 17.5 Å². The second kappa shape index (κ2) is 5.10. The lowest BCUT2D eigenvalue weighted by atomic mass is 10.1. The molecular formula is C12H11N4O2+. The number of nitrogens with zero attached hydrogens (tertiary/aromatic N) is 3. The van der Waals surface area contributed by atoms with Crippen LogP contribution in [0.4, 0.5) is 0 Å². The van der Waals surface area contributed by atoms with Gasteiger partial charge in [-0.15, -0.1) is 0 Å². The largest absolute Gasteiger partial charge is 0.339 e. The van der Waals surface area contributed by atoms with Crippen molar-refractivity contribution in [1.29, 1.82) is 5.26 Å². The highest BCUT2D eigenvalue weighted by Gasteiger charge is 2.21. The molecule has 0 saturated heterocycles. The maximum Gasteiger partial charge on any atom is 0.274 e. The molecule has 0 aliphatic carbocycles. The number of carbonyl (C=O) groups excluding carboxylic acids is 1. The van der Waals surface area contributed by atoms with Gasteiger partial charge in [-0.05, 0) is 6.07 Å². The standard InChI is InChI=1S/C12H10N4O2/c1-18-16-4-2-3-9-6-14-7-10(12(9)16)11(5-13)15-8-17/h2-4,6-8,11H,1H3/p+1. The summed E-state index contributed by atoms with van der Waals surface area (Å²) in [4.78, 5) is 19.8. The van der Waals surface area contributed by atoms with Crippen molar-refractivity contribution in [2.24, 2.45) is 0 Å². The van der Waals surface area contributed by atoms with E-state index in [1.165, 1.54) is 11.8 Å². The van der Waals surface area contributed by atoms with Gasteiger partial charge >= 0.3 is 0 Å². The van der Waals surface area contributed by atoms with E-state index in [2.05, 4.69) is 10.3 Å². The van der Waals surface area contributed by atoms with Gasteiger partial charge < -0.3 is 5.32 Å². The second-order valence-electron chi connectivity index (χ2n) is 3.53. The fourth-order valence-electron chi connectivity index (χ4n) is 1.79. The normalized spacial score (nSPS) is 11.6. The quantitative estimate of drug-likeness (QED) is 0.600. The maximum atomic E-state index is 10.5. The Kier molecular flexibility index (Phi) is 3.34. The van der Waals surface area contributed by atoms with E-state index in [9.17, 15) is 4.79 Å². The molecule has 0 bridgehead atoms. The van der Waals surface area contributed by atoms with Crippen LogP contribution in [0, 0.1) is 11.3 Å². The number of fused-ring (bicyclic) bond motifs is 1. The molecule has 18 heavy (non-hydrogen) atoms. The minimum Gasteiger partial charge on any atom is -0.339 e. The van der Waals surface area contributed by atoms with Gasteiger partial charge in [-0.2, -0.15) is 5.26 Å². The molecule has 6 heteroatoms. The first kappa shape index (κ1) is 11.8. The van der Waals surface area contributed by atoms with Gasteiger partial charge in [0, 0.05) is 23.2 Å². The number of nitriles is 1. The molecule has 2 aromatic heterocycles. The fourth-order valence-corrected chi connectivity index (χ4v) is 1.79. The van der Waals surface area contributed by atoms with Gasteiger partial charge in [0.2, 0.25) is 12.6 Å². The van der Waals surface area contributed by atoms with Crippen LogP contribution in [0.5, 0.6) is 0 Å². The summed E-state index contributed by atoms with van der Waals surface area (Å²) >= 11 is 0. The molecular weight excluding hydrogens is 232 g/mol. The predicted molar refractivity (Wildman–Crippen MR) is 62.0 cm³/mol. The van der Waals surface area contributed by atoms with E-state index in [-0.39, 0.29) is 0 Å². The smallest absolute Gasteiger partial charge is 0.274 e. The lowest BCUT2D eigenvalue weighted by Crippen LogP contribution is -2.42. The van der Waals surface area contributed by atoms with E-state index < -0.39 is 6.04 Å². The number of aromatic nitrogens is 2. The molecule has 6 nitrogen and oxygen atoms in total. The van der Waals surface area contributed by atoms with Crippen molar-refractivity contribution in [2.75, 3.05) is 7.11 Å². The average Bonchev–Trinajstić information content (AvgIpc) is 2.43. The van der Waals surface area contributed by atoms with Crippen molar-refractivity contribution in [2.45, 2.75) is 6.04 Å². The van der Waals surface area contributed by atoms with Gasteiger partial charge in [0.15, 0.2) is 0 Å². The third-order valence-electron chi connectivity index (χ3n) is 2.56. The van der Waals surface area contributed by atoms with Gasteiger partial charge in [-0.25, -0.2) is 0 Å². The number of nitrogens with one attached hydrogen (secondary N) is 1. The van der Waals surface area contributed by atoms with Crippen LogP contribution in [-0.4, -0.2) is 18.5 Å². The van der Waals surface area contributed by atoms with Gasteiger partial charge in [-0.1, -0.05) is 0 Å². The van der Waals surface area contributed by atoms with E-state index in [1.54, 1.807) is 18.6 Å². The van der Waals surface area contributed by atoms with Gasteiger partial charge in [0.25, 0.3) is 5.52 Å². The highest BCUT2D eigenvalue weighted by atomic mass is 16.6. The zero-order valence-electron chi connectivity index (χ0n) is 9.70. The summed E-state index contributed by atoms with van der Waals surface area (Å²) in [7, 11) is 1.53. The van der Waals surface area contributed by atoms with Gasteiger partial charge in [-0.3, -0.25) is 14.6 Å². The number of carbonyl (C=O) groups is 1. The van der Waals surface area contributed by atoms with Gasteiger partial charge in [0.1, 0.15) is 13.2 Å². The van der Waals surface area contributed by atoms with Gasteiger partial charge in [0.05, 0.1) is 17.0 Å². The lowest BCUT2D eigenvalue weighted by molar-refractivity contribution is -0.865. The molecule has 2 rings (SSSR count). The van der Waals surface area contributed by atoms with Crippen molar-refractivity contribution >= 4 is 17.3 Å². The SMILES string of the molecule is CO[n+]1cccc2cncc(C(C#N)NC=O)c21. The Hall–Kier alpha value is -2.68. The molecule has 0 radical (unpaired) electrons. The first-order valence-electron chi connectivity index (χ1n) is 5.24. The molecule has 0 aromatic carbocycles. The van der Waals surface area contributed by atoms with Crippen LogP contribution in [0.15, 0.2) is 30.7 Å². The summed E-state index contributed by atoms with van der Waals surface area (Å²) in [6.45, 7) is 0. The third-order valence-corrected chi connectivity index (χ3v) is 2.56. The fraction of sp³-hybridized carbons (Fsp3) is 0.167. The Morgan fingerprint density at radius 1 is 1.61 bits per heavy atom. The summed E-state index contributed by atoms with van der Waals surface area (Å²) in [5.74, 6) is 0. The van der Waals surface area contributed by atoms with Crippen molar-refractivity contribution < 1.29 is 14.4 Å². The van der Waals surface area contributed by atoms with Crippen LogP contribution in [-0.2, 0) is 4.79 Å². The molecule has 1 atom stereocenters. The topological polar surface area (TPSA) is 78.9 Å². The zero-order valence-corrected chi connectivity index (χ0v) is 9.70. The van der Waals surface area contributed by atoms with Crippen LogP contribution >= 0.6 is 0 Å². The Balaban J connectivity index is 2.70. The summed E-state index contributed by atoms with van der Waals surface area (Å²) < 4.78 is 1.53. The molecule has 0 saturated carbocycles. The summed E-state index contributed by atoms with van der Waals surface area (Å²) in [6.07, 6.45) is 5.43. The minimum absolute atomic E-state index is 0.493. The molecule has 1 N–H and O–H groups in total. The highest BCUT2D eigenvalue weighted by Crippen LogP contribution is 2.19. The van der Waals surface area contributed by atoms with Crippen LogP contribution in [0.2, 0.25) is 0 Å². The second-order valence-corrected chi connectivity index (χ2v) is 3.53. The van der Waals surface area contributed by atoms with Crippen molar-refractivity contribution in [3.05, 3.63) is 36.3 Å². The number of hydrogen-bond acceptors (Lipinski definition) is 4. The van der Waals surface area contributed by atoms with E-state index >= 15 is 0 Å². The molecule has 1 amide bonds. The molecule has 0 aliphatic rings. The number of amides is 1. The van der Waals surface area contributed by atoms with Crippen molar-refractivity contribution in [3.8, 4) is 6.07 Å². The Labute approximate surface area is 103 Å². The van der Waals surface area contributed by atoms with Crippen LogP contribution < -0.4 is 14.9 Å². The van der Waals surface area contributed by atoms with E-state index in [0.717, 1.165) is 5.39 Å². The Bertz CT molecular complexity index is 616. The molecule has 2 aromatic rings. The predicted octanol–water partition coefficient (Wildman–Crippen LogP) is -0.109. The molecule has 0 aliphatic heterocycles. The average molecular weight is 243 g/mol. The molecule has 1 unspecified atom stereocenters. The lowest BCUT2D eigenvalue weighted by Gasteiger charge is -2.08. The summed E-state index contributed by atoms with van der Waals surface area (Å²) in [6, 6.07) is 4.92. The van der Waals surface area contributed by atoms with Crippen LogP contribution in [0.3, 0.4) is 0 Å². The zero-order chi connectivity index (χ0) is 13.0. The monoisotopic (exact) mass is 243 g/mol. The Morgan fingerprint density at radius 3 is 3.11 bits per heavy atom. The van der Waals surface area contributed by atoms with Crippen molar-refractivity contribution in [3.63, 3.8) is 0 Å². The highest BCUT2D eigenvalue weighted by molar-refractivity contribution is 5.78. The van der Waals surface area contributed by atoms with E-state index in [1.807, 2.05) is 18.2 Å². The summed E-state index contributed by atoms with van der Waals surface area (Å²) in [5, 5.41) is 12.3. The van der Waals surface area contributed by atoms with Crippen molar-refractivity contribution in [1.82, 2.24) is 10.3 Å². The molecule has 2 heterocycles. The molecule has 90 valence electrons. The van der Waals surface area contributed by atoms with Crippen LogP contribution in [0.1, 0.15) is 11.6 Å². The number of pyridine rings is 2. The molecule has 0 fully saturated rings.